The zero-order valence-electron chi connectivity index (χ0n) is 5.29. The first kappa shape index (κ1) is 13.5. The molecule has 0 bridgehead atoms. The molecule has 70 valence electrons. The van der Waals surface area contributed by atoms with E-state index in [1.165, 1.54) is 0 Å². The maximum Gasteiger partial charge on any atom is 0.453 e. The molecule has 0 aromatic carbocycles. The zero-order valence-corrected chi connectivity index (χ0v) is 6.11. The predicted molar refractivity (Wildman–Crippen MR) is 31.9 cm³/mol. The largest absolute Gasteiger partial charge is 0.453 e. The summed E-state index contributed by atoms with van der Waals surface area (Å²) < 4.78 is 57.1. The Morgan fingerprint density at radius 1 is 1.00 bits per heavy atom. The highest BCUT2D eigenvalue weighted by Crippen LogP contribution is 2.37. The first-order valence-electron chi connectivity index (χ1n) is 2.46. The predicted octanol–water partition coefficient (Wildman–Crippen LogP) is 1.95. The highest BCUT2D eigenvalue weighted by molar-refractivity contribution is 5.85. The van der Waals surface area contributed by atoms with Gasteiger partial charge in [0.05, 0.1) is 0 Å². The maximum atomic E-state index is 11.7. The lowest BCUT2D eigenvalue weighted by Gasteiger charge is -2.17. The number of rotatable bonds is 2. The Balaban J connectivity index is 0. The van der Waals surface area contributed by atoms with Gasteiger partial charge in [0.25, 0.3) is 0 Å². The minimum Gasteiger partial charge on any atom is -0.330 e. The van der Waals surface area contributed by atoms with Crippen LogP contribution in [-0.4, -0.2) is 18.6 Å². The number of alkyl halides is 5. The number of halogens is 6. The van der Waals surface area contributed by atoms with Crippen molar-refractivity contribution in [1.82, 2.24) is 0 Å². The third kappa shape index (κ3) is 3.71. The van der Waals surface area contributed by atoms with Crippen LogP contribution in [0.25, 0.3) is 0 Å². The molecule has 0 saturated carbocycles. The summed E-state index contributed by atoms with van der Waals surface area (Å²) in [7, 11) is 0. The highest BCUT2D eigenvalue weighted by atomic mass is 35.5. The Morgan fingerprint density at radius 3 is 1.45 bits per heavy atom. The SMILES string of the molecule is Cl.NCCC(F)(F)C(F)(F)F. The van der Waals surface area contributed by atoms with Crippen LogP contribution in [0.3, 0.4) is 0 Å². The Labute approximate surface area is 66.2 Å². The summed E-state index contributed by atoms with van der Waals surface area (Å²) in [4.78, 5) is 0. The molecule has 0 unspecified atom stereocenters. The highest BCUT2D eigenvalue weighted by Gasteiger charge is 2.56. The van der Waals surface area contributed by atoms with Crippen molar-refractivity contribution in [3.8, 4) is 0 Å². The summed E-state index contributed by atoms with van der Waals surface area (Å²) >= 11 is 0. The molecule has 0 spiro atoms. The van der Waals surface area contributed by atoms with Crippen molar-refractivity contribution in [2.24, 2.45) is 5.73 Å². The summed E-state index contributed by atoms with van der Waals surface area (Å²) in [5.41, 5.74) is 4.53. The Bertz CT molecular complexity index is 112. The standard InChI is InChI=1S/C4H6F5N.ClH/c5-3(6,1-2-10)4(7,8)9;/h1-2,10H2;1H. The molecule has 0 aromatic heterocycles. The average molecular weight is 200 g/mol. The fraction of sp³-hybridized carbons (Fsp3) is 1.00. The van der Waals surface area contributed by atoms with E-state index < -0.39 is 25.1 Å². The van der Waals surface area contributed by atoms with Crippen molar-refractivity contribution in [3.63, 3.8) is 0 Å². The van der Waals surface area contributed by atoms with E-state index in [0.29, 0.717) is 0 Å². The summed E-state index contributed by atoms with van der Waals surface area (Å²) in [5, 5.41) is 0. The van der Waals surface area contributed by atoms with Gasteiger partial charge in [-0.2, -0.15) is 22.0 Å². The van der Waals surface area contributed by atoms with Crippen molar-refractivity contribution in [1.29, 1.82) is 0 Å². The summed E-state index contributed by atoms with van der Waals surface area (Å²) in [6.07, 6.45) is -6.82. The second-order valence-corrected chi connectivity index (χ2v) is 1.74. The van der Waals surface area contributed by atoms with Gasteiger partial charge >= 0.3 is 12.1 Å². The van der Waals surface area contributed by atoms with Gasteiger partial charge in [0, 0.05) is 6.42 Å². The third-order valence-corrected chi connectivity index (χ3v) is 0.873. The maximum absolute atomic E-state index is 11.7. The molecule has 7 heteroatoms. The van der Waals surface area contributed by atoms with Crippen molar-refractivity contribution >= 4 is 12.4 Å². The van der Waals surface area contributed by atoms with E-state index in [-0.39, 0.29) is 12.4 Å². The van der Waals surface area contributed by atoms with Crippen molar-refractivity contribution < 1.29 is 22.0 Å². The van der Waals surface area contributed by atoms with E-state index in [2.05, 4.69) is 5.73 Å². The average Bonchev–Trinajstić information content (AvgIpc) is 1.61. The van der Waals surface area contributed by atoms with E-state index in [1.54, 1.807) is 0 Å². The zero-order chi connectivity index (χ0) is 8.41. The van der Waals surface area contributed by atoms with Crippen LogP contribution in [0.5, 0.6) is 0 Å². The van der Waals surface area contributed by atoms with Gasteiger partial charge in [0.2, 0.25) is 0 Å². The topological polar surface area (TPSA) is 26.0 Å². The van der Waals surface area contributed by atoms with Gasteiger partial charge in [-0.3, -0.25) is 0 Å². The van der Waals surface area contributed by atoms with E-state index in [0.717, 1.165) is 0 Å². The molecule has 0 rings (SSSR count). The molecule has 1 nitrogen and oxygen atoms in total. The van der Waals surface area contributed by atoms with Crippen LogP contribution in [0.4, 0.5) is 22.0 Å². The first-order valence-corrected chi connectivity index (χ1v) is 2.46. The van der Waals surface area contributed by atoms with E-state index >= 15 is 0 Å². The van der Waals surface area contributed by atoms with Gasteiger partial charge in [0.15, 0.2) is 0 Å². The second-order valence-electron chi connectivity index (χ2n) is 1.74. The summed E-state index contributed by atoms with van der Waals surface area (Å²) in [6.45, 7) is -0.674. The minimum absolute atomic E-state index is 0. The van der Waals surface area contributed by atoms with E-state index in [1.807, 2.05) is 0 Å². The first-order chi connectivity index (χ1) is 4.31. The van der Waals surface area contributed by atoms with Crippen molar-refractivity contribution in [2.45, 2.75) is 18.5 Å². The van der Waals surface area contributed by atoms with Crippen LogP contribution in [0.15, 0.2) is 0 Å². The molecule has 0 saturated heterocycles. The van der Waals surface area contributed by atoms with Crippen molar-refractivity contribution in [2.75, 3.05) is 6.54 Å². The molecule has 0 heterocycles. The van der Waals surface area contributed by atoms with Gasteiger partial charge in [-0.05, 0) is 6.54 Å². The minimum atomic E-state index is -5.47. The van der Waals surface area contributed by atoms with Gasteiger partial charge in [-0.25, -0.2) is 0 Å². The van der Waals surface area contributed by atoms with Crippen LogP contribution in [-0.2, 0) is 0 Å². The number of hydrogen-bond acceptors (Lipinski definition) is 1. The molecule has 0 radical (unpaired) electrons. The van der Waals surface area contributed by atoms with Gasteiger partial charge in [-0.15, -0.1) is 12.4 Å². The molecule has 11 heavy (non-hydrogen) atoms. The molecular weight excluding hydrogens is 192 g/mol. The summed E-state index contributed by atoms with van der Waals surface area (Å²) in [5.74, 6) is -4.64. The molecule has 0 aliphatic heterocycles. The van der Waals surface area contributed by atoms with E-state index in [4.69, 9.17) is 0 Å². The van der Waals surface area contributed by atoms with Gasteiger partial charge in [0.1, 0.15) is 0 Å². The molecule has 2 N–H and O–H groups in total. The smallest absolute Gasteiger partial charge is 0.330 e. The van der Waals surface area contributed by atoms with Crippen LogP contribution < -0.4 is 5.73 Å². The third-order valence-electron chi connectivity index (χ3n) is 0.873. The van der Waals surface area contributed by atoms with Crippen LogP contribution in [0, 0.1) is 0 Å². The molecule has 0 fully saturated rings. The lowest BCUT2D eigenvalue weighted by molar-refractivity contribution is -0.283. The lowest BCUT2D eigenvalue weighted by Crippen LogP contribution is -2.38. The van der Waals surface area contributed by atoms with Crippen LogP contribution in [0.1, 0.15) is 6.42 Å². The van der Waals surface area contributed by atoms with Gasteiger partial charge < -0.3 is 5.73 Å². The molecule has 0 amide bonds. The molecule has 0 aliphatic rings. The quantitative estimate of drug-likeness (QED) is 0.676. The van der Waals surface area contributed by atoms with E-state index in [9.17, 15) is 22.0 Å². The number of hydrogen-bond donors (Lipinski definition) is 1. The molecular formula is C4H7ClF5N. The van der Waals surface area contributed by atoms with Gasteiger partial charge in [-0.1, -0.05) is 0 Å². The second kappa shape index (κ2) is 4.06. The molecule has 0 atom stereocenters. The normalized spacial score (nSPS) is 12.5. The fourth-order valence-electron chi connectivity index (χ4n) is 0.323. The summed E-state index contributed by atoms with van der Waals surface area (Å²) in [6, 6.07) is 0. The Hall–Kier alpha value is -0.100. The van der Waals surface area contributed by atoms with Crippen molar-refractivity contribution in [3.05, 3.63) is 0 Å². The molecule has 0 aromatic rings. The Kier molecular flexibility index (Phi) is 4.98. The monoisotopic (exact) mass is 199 g/mol. The van der Waals surface area contributed by atoms with Crippen LogP contribution in [0.2, 0.25) is 0 Å². The lowest BCUT2D eigenvalue weighted by atomic mass is 10.2. The Morgan fingerprint density at radius 2 is 1.36 bits per heavy atom. The fourth-order valence-corrected chi connectivity index (χ4v) is 0.323. The van der Waals surface area contributed by atoms with Crippen LogP contribution >= 0.6 is 12.4 Å². The number of nitrogens with two attached hydrogens (primary N) is 1. The molecule has 0 aliphatic carbocycles.